The average Bonchev–Trinajstić information content (AvgIpc) is 2.02. The second-order valence-corrected chi connectivity index (χ2v) is 4.44. The summed E-state index contributed by atoms with van der Waals surface area (Å²) >= 11 is 0. The van der Waals surface area contributed by atoms with Gasteiger partial charge in [-0.1, -0.05) is 0 Å². The van der Waals surface area contributed by atoms with E-state index in [2.05, 4.69) is 4.18 Å². The van der Waals surface area contributed by atoms with Crippen LogP contribution < -0.4 is 4.18 Å². The molecule has 0 unspecified atom stereocenters. The summed E-state index contributed by atoms with van der Waals surface area (Å²) in [6.45, 7) is 1.44. The first kappa shape index (κ1) is 10.7. The molecule has 0 aliphatic rings. The van der Waals surface area contributed by atoms with Crippen LogP contribution >= 0.6 is 0 Å². The third-order valence-corrected chi connectivity index (χ3v) is 2.00. The normalized spacial score (nSPS) is 11.0. The van der Waals surface area contributed by atoms with Gasteiger partial charge in [0.1, 0.15) is 5.75 Å². The number of ketones is 1. The summed E-state index contributed by atoms with van der Waals surface area (Å²) < 4.78 is 26.1. The van der Waals surface area contributed by atoms with E-state index in [1.165, 1.54) is 31.2 Å². The van der Waals surface area contributed by atoms with Gasteiger partial charge in [-0.25, -0.2) is 0 Å². The molecule has 1 aromatic carbocycles. The van der Waals surface area contributed by atoms with E-state index in [0.29, 0.717) is 5.56 Å². The molecule has 0 spiro atoms. The Bertz CT molecular complexity index is 430. The fourth-order valence-electron chi connectivity index (χ4n) is 0.920. The third-order valence-electron chi connectivity index (χ3n) is 1.51. The van der Waals surface area contributed by atoms with Gasteiger partial charge in [-0.3, -0.25) is 4.79 Å². The Hall–Kier alpha value is -1.36. The zero-order valence-corrected chi connectivity index (χ0v) is 8.67. The van der Waals surface area contributed by atoms with Gasteiger partial charge in [-0.2, -0.15) is 8.42 Å². The number of hydrogen-bond acceptors (Lipinski definition) is 4. The molecule has 0 fully saturated rings. The predicted molar refractivity (Wildman–Crippen MR) is 51.9 cm³/mol. The van der Waals surface area contributed by atoms with Crippen LogP contribution in [0.5, 0.6) is 5.75 Å². The van der Waals surface area contributed by atoms with Gasteiger partial charge < -0.3 is 4.18 Å². The van der Waals surface area contributed by atoms with Crippen molar-refractivity contribution >= 4 is 15.9 Å². The van der Waals surface area contributed by atoms with Gasteiger partial charge in [0.25, 0.3) is 0 Å². The van der Waals surface area contributed by atoms with Crippen LogP contribution in [0.4, 0.5) is 0 Å². The minimum absolute atomic E-state index is 0.0732. The van der Waals surface area contributed by atoms with Crippen LogP contribution in [-0.4, -0.2) is 20.5 Å². The highest BCUT2D eigenvalue weighted by molar-refractivity contribution is 7.86. The molecular formula is C9H10O4S. The lowest BCUT2D eigenvalue weighted by Crippen LogP contribution is -2.05. The molecule has 14 heavy (non-hydrogen) atoms. The summed E-state index contributed by atoms with van der Waals surface area (Å²) in [5.41, 5.74) is 0.519. The lowest BCUT2D eigenvalue weighted by atomic mass is 10.1. The van der Waals surface area contributed by atoms with Crippen LogP contribution in [0, 0.1) is 0 Å². The Morgan fingerprint density at radius 2 is 1.71 bits per heavy atom. The smallest absolute Gasteiger partial charge is 0.306 e. The summed E-state index contributed by atoms with van der Waals surface area (Å²) in [7, 11) is -3.50. The first-order chi connectivity index (χ1) is 6.38. The van der Waals surface area contributed by atoms with Crippen molar-refractivity contribution in [2.45, 2.75) is 6.92 Å². The maximum Gasteiger partial charge on any atom is 0.306 e. The van der Waals surface area contributed by atoms with Gasteiger partial charge in [-0.05, 0) is 31.2 Å². The zero-order chi connectivity index (χ0) is 10.8. The van der Waals surface area contributed by atoms with E-state index in [-0.39, 0.29) is 11.5 Å². The van der Waals surface area contributed by atoms with Crippen LogP contribution in [0.15, 0.2) is 24.3 Å². The fraction of sp³-hybridized carbons (Fsp3) is 0.222. The molecule has 0 bridgehead atoms. The van der Waals surface area contributed by atoms with Crippen molar-refractivity contribution in [1.82, 2.24) is 0 Å². The van der Waals surface area contributed by atoms with Gasteiger partial charge in [0, 0.05) is 5.56 Å². The van der Waals surface area contributed by atoms with Crippen molar-refractivity contribution in [2.75, 3.05) is 6.26 Å². The molecule has 4 nitrogen and oxygen atoms in total. The Labute approximate surface area is 82.6 Å². The van der Waals surface area contributed by atoms with E-state index in [0.717, 1.165) is 6.26 Å². The Kier molecular flexibility index (Phi) is 2.90. The number of benzene rings is 1. The first-order valence-corrected chi connectivity index (χ1v) is 5.70. The molecule has 0 N–H and O–H groups in total. The molecular weight excluding hydrogens is 204 g/mol. The molecule has 0 aliphatic carbocycles. The Morgan fingerprint density at radius 1 is 1.21 bits per heavy atom. The fourth-order valence-corrected chi connectivity index (χ4v) is 1.38. The van der Waals surface area contributed by atoms with Gasteiger partial charge in [0.15, 0.2) is 5.78 Å². The molecule has 76 valence electrons. The van der Waals surface area contributed by atoms with Gasteiger partial charge in [0.05, 0.1) is 6.26 Å². The average molecular weight is 214 g/mol. The summed E-state index contributed by atoms with van der Waals surface area (Å²) in [5, 5.41) is 0. The monoisotopic (exact) mass is 214 g/mol. The molecule has 0 amide bonds. The number of hydrogen-bond donors (Lipinski definition) is 0. The summed E-state index contributed by atoms with van der Waals surface area (Å²) in [6.07, 6.45) is 0.964. The minimum atomic E-state index is -3.50. The van der Waals surface area contributed by atoms with E-state index < -0.39 is 10.1 Å². The van der Waals surface area contributed by atoms with Gasteiger partial charge in [-0.15, -0.1) is 0 Å². The molecule has 0 radical (unpaired) electrons. The van der Waals surface area contributed by atoms with E-state index in [4.69, 9.17) is 0 Å². The van der Waals surface area contributed by atoms with E-state index in [1.807, 2.05) is 0 Å². The van der Waals surface area contributed by atoms with Crippen LogP contribution in [-0.2, 0) is 10.1 Å². The van der Waals surface area contributed by atoms with Gasteiger partial charge in [0.2, 0.25) is 0 Å². The summed E-state index contributed by atoms with van der Waals surface area (Å²) in [5.74, 6) is 0.133. The highest BCUT2D eigenvalue weighted by Crippen LogP contribution is 2.13. The SMILES string of the molecule is CC(=O)c1ccc(OS(C)(=O)=O)cc1. The highest BCUT2D eigenvalue weighted by atomic mass is 32.2. The third kappa shape index (κ3) is 3.18. The second-order valence-electron chi connectivity index (χ2n) is 2.87. The number of rotatable bonds is 3. The van der Waals surface area contributed by atoms with E-state index >= 15 is 0 Å². The molecule has 0 saturated carbocycles. The standard InChI is InChI=1S/C9H10O4S/c1-7(10)8-3-5-9(6-4-8)13-14(2,11)12/h3-6H,1-2H3. The van der Waals surface area contributed by atoms with Crippen LogP contribution in [0.3, 0.4) is 0 Å². The lowest BCUT2D eigenvalue weighted by Gasteiger charge is -2.02. The van der Waals surface area contributed by atoms with Crippen molar-refractivity contribution in [3.63, 3.8) is 0 Å². The van der Waals surface area contributed by atoms with E-state index in [9.17, 15) is 13.2 Å². The molecule has 0 saturated heterocycles. The van der Waals surface area contributed by atoms with Crippen LogP contribution in [0.2, 0.25) is 0 Å². The predicted octanol–water partition coefficient (Wildman–Crippen LogP) is 1.23. The molecule has 0 heterocycles. The molecule has 0 aliphatic heterocycles. The van der Waals surface area contributed by atoms with Crippen molar-refractivity contribution in [3.8, 4) is 5.75 Å². The summed E-state index contributed by atoms with van der Waals surface area (Å²) in [6, 6.07) is 5.92. The maximum atomic E-state index is 10.9. The zero-order valence-electron chi connectivity index (χ0n) is 7.85. The maximum absolute atomic E-state index is 10.9. The molecule has 1 aromatic rings. The van der Waals surface area contributed by atoms with Crippen molar-refractivity contribution < 1.29 is 17.4 Å². The van der Waals surface area contributed by atoms with Crippen molar-refractivity contribution in [2.24, 2.45) is 0 Å². The van der Waals surface area contributed by atoms with Crippen LogP contribution in [0.25, 0.3) is 0 Å². The number of Topliss-reactive ketones (excluding diaryl/α,β-unsaturated/α-hetero) is 1. The first-order valence-electron chi connectivity index (χ1n) is 3.89. The molecule has 5 heteroatoms. The second kappa shape index (κ2) is 3.79. The Morgan fingerprint density at radius 3 is 2.07 bits per heavy atom. The van der Waals surface area contributed by atoms with Crippen LogP contribution in [0.1, 0.15) is 17.3 Å². The van der Waals surface area contributed by atoms with Gasteiger partial charge >= 0.3 is 10.1 Å². The molecule has 1 rings (SSSR count). The highest BCUT2D eigenvalue weighted by Gasteiger charge is 2.04. The number of carbonyl (C=O) groups is 1. The topological polar surface area (TPSA) is 60.4 Å². The summed E-state index contributed by atoms with van der Waals surface area (Å²) in [4.78, 5) is 10.9. The number of carbonyl (C=O) groups excluding carboxylic acids is 1. The largest absolute Gasteiger partial charge is 0.383 e. The molecule has 0 aromatic heterocycles. The quantitative estimate of drug-likeness (QED) is 0.560. The molecule has 0 atom stereocenters. The Balaban J connectivity index is 2.90. The van der Waals surface area contributed by atoms with Crippen molar-refractivity contribution in [3.05, 3.63) is 29.8 Å². The van der Waals surface area contributed by atoms with E-state index in [1.54, 1.807) is 0 Å². The van der Waals surface area contributed by atoms with Crippen molar-refractivity contribution in [1.29, 1.82) is 0 Å². The lowest BCUT2D eigenvalue weighted by molar-refractivity contribution is 0.101. The minimum Gasteiger partial charge on any atom is -0.383 e.